The smallest absolute Gasteiger partial charge is 0.223 e. The van der Waals surface area contributed by atoms with E-state index in [1.807, 2.05) is 35.2 Å². The Kier molecular flexibility index (Phi) is 7.06. The van der Waals surface area contributed by atoms with Gasteiger partial charge in [0.15, 0.2) is 0 Å². The molecular weight excluding hydrogens is 444 g/mol. The van der Waals surface area contributed by atoms with E-state index in [4.69, 9.17) is 0 Å². The fraction of sp³-hybridized carbons (Fsp3) is 0.281. The van der Waals surface area contributed by atoms with Gasteiger partial charge in [-0.15, -0.1) is 0 Å². The molecule has 1 fully saturated rings. The minimum absolute atomic E-state index is 0.172. The van der Waals surface area contributed by atoms with E-state index < -0.39 is 5.60 Å². The normalized spacial score (nSPS) is 16.0. The summed E-state index contributed by atoms with van der Waals surface area (Å²) in [4.78, 5) is 14.9. The van der Waals surface area contributed by atoms with E-state index >= 15 is 0 Å². The van der Waals surface area contributed by atoms with Crippen molar-refractivity contribution in [3.05, 3.63) is 109 Å². The van der Waals surface area contributed by atoms with E-state index in [0.29, 0.717) is 38.9 Å². The van der Waals surface area contributed by atoms with Crippen molar-refractivity contribution in [1.82, 2.24) is 9.47 Å². The van der Waals surface area contributed by atoms with Gasteiger partial charge in [0.05, 0.1) is 17.8 Å². The van der Waals surface area contributed by atoms with E-state index in [9.17, 15) is 9.90 Å². The molecule has 2 heterocycles. The van der Waals surface area contributed by atoms with Crippen molar-refractivity contribution in [2.45, 2.75) is 44.2 Å². The molecule has 36 heavy (non-hydrogen) atoms. The fourth-order valence-electron chi connectivity index (χ4n) is 5.31. The number of carbonyl (C=O) groups excluding carboxylic acids is 1. The van der Waals surface area contributed by atoms with Gasteiger partial charge in [0.25, 0.3) is 0 Å². The standard InChI is InChI=1S/C32H34N2O2/c1-25(26-11-5-2-6-12-26)23-30(35)33-21-18-32(36,19-22-33)24-34-20-17-29(27-13-7-3-8-14-27)31(34)28-15-9-4-10-16-28/h2-17,20,25,36H,18-19,21-24H2,1H3/t25-/m1/s1. The molecule has 0 bridgehead atoms. The summed E-state index contributed by atoms with van der Waals surface area (Å²) in [5, 5.41) is 11.6. The van der Waals surface area contributed by atoms with Crippen LogP contribution in [0.5, 0.6) is 0 Å². The number of aliphatic hydroxyl groups is 1. The molecule has 5 rings (SSSR count). The number of benzene rings is 3. The van der Waals surface area contributed by atoms with Crippen LogP contribution in [0.1, 0.15) is 37.7 Å². The second kappa shape index (κ2) is 10.5. The molecule has 1 aromatic heterocycles. The molecule has 184 valence electrons. The molecule has 1 N–H and O–H groups in total. The van der Waals surface area contributed by atoms with E-state index in [2.05, 4.69) is 84.4 Å². The van der Waals surface area contributed by atoms with Crippen molar-refractivity contribution in [1.29, 1.82) is 0 Å². The minimum Gasteiger partial charge on any atom is -0.388 e. The monoisotopic (exact) mass is 478 g/mol. The van der Waals surface area contributed by atoms with Crippen molar-refractivity contribution in [3.8, 4) is 22.4 Å². The summed E-state index contributed by atoms with van der Waals surface area (Å²) in [5.41, 5.74) is 4.91. The Morgan fingerprint density at radius 3 is 2.00 bits per heavy atom. The third-order valence-electron chi connectivity index (χ3n) is 7.46. The Bertz CT molecular complexity index is 1270. The molecule has 0 saturated carbocycles. The molecule has 4 heteroatoms. The first-order chi connectivity index (χ1) is 17.5. The van der Waals surface area contributed by atoms with E-state index in [-0.39, 0.29) is 11.8 Å². The van der Waals surface area contributed by atoms with Crippen LogP contribution >= 0.6 is 0 Å². The van der Waals surface area contributed by atoms with Gasteiger partial charge in [0, 0.05) is 31.3 Å². The lowest BCUT2D eigenvalue weighted by molar-refractivity contribution is -0.136. The highest BCUT2D eigenvalue weighted by Gasteiger charge is 2.35. The number of hydrogen-bond acceptors (Lipinski definition) is 2. The van der Waals surface area contributed by atoms with Crippen LogP contribution in [0.3, 0.4) is 0 Å². The summed E-state index contributed by atoms with van der Waals surface area (Å²) in [6.45, 7) is 3.79. The maximum absolute atomic E-state index is 13.0. The average Bonchev–Trinajstić information content (AvgIpc) is 3.33. The van der Waals surface area contributed by atoms with Gasteiger partial charge in [-0.25, -0.2) is 0 Å². The first-order valence-corrected chi connectivity index (χ1v) is 12.9. The van der Waals surface area contributed by atoms with Crippen molar-refractivity contribution in [3.63, 3.8) is 0 Å². The molecule has 1 atom stereocenters. The van der Waals surface area contributed by atoms with Crippen LogP contribution in [0.15, 0.2) is 103 Å². The Balaban J connectivity index is 1.30. The summed E-state index contributed by atoms with van der Waals surface area (Å²) in [6, 6.07) is 33.1. The Labute approximate surface area is 213 Å². The molecular formula is C32H34N2O2. The second-order valence-electron chi connectivity index (χ2n) is 10.1. The first kappa shape index (κ1) is 24.1. The van der Waals surface area contributed by atoms with Gasteiger partial charge in [-0.2, -0.15) is 0 Å². The molecule has 4 nitrogen and oxygen atoms in total. The average molecular weight is 479 g/mol. The van der Waals surface area contributed by atoms with Crippen LogP contribution in [0.2, 0.25) is 0 Å². The van der Waals surface area contributed by atoms with E-state index in [0.717, 1.165) is 22.4 Å². The summed E-state index contributed by atoms with van der Waals surface area (Å²) in [5.74, 6) is 0.356. The molecule has 1 aliphatic heterocycles. The molecule has 1 saturated heterocycles. The quantitative estimate of drug-likeness (QED) is 0.335. The van der Waals surface area contributed by atoms with Crippen LogP contribution < -0.4 is 0 Å². The van der Waals surface area contributed by atoms with Crippen molar-refractivity contribution >= 4 is 5.91 Å². The van der Waals surface area contributed by atoms with Gasteiger partial charge in [-0.1, -0.05) is 97.9 Å². The molecule has 0 unspecified atom stereocenters. The maximum atomic E-state index is 13.0. The number of aromatic nitrogens is 1. The highest BCUT2D eigenvalue weighted by Crippen LogP contribution is 2.35. The van der Waals surface area contributed by atoms with Gasteiger partial charge in [0.1, 0.15) is 0 Å². The number of nitrogens with zero attached hydrogens (tertiary/aromatic N) is 2. The predicted molar refractivity (Wildman–Crippen MR) is 146 cm³/mol. The van der Waals surface area contributed by atoms with Gasteiger partial charge in [-0.3, -0.25) is 4.79 Å². The zero-order chi connectivity index (χ0) is 25.0. The summed E-state index contributed by atoms with van der Waals surface area (Å²) >= 11 is 0. The lowest BCUT2D eigenvalue weighted by Gasteiger charge is -2.39. The third-order valence-corrected chi connectivity index (χ3v) is 7.46. The van der Waals surface area contributed by atoms with Gasteiger partial charge in [-0.05, 0) is 41.5 Å². The number of rotatable bonds is 7. The Morgan fingerprint density at radius 2 is 1.39 bits per heavy atom. The Hall–Kier alpha value is -3.63. The highest BCUT2D eigenvalue weighted by atomic mass is 16.3. The first-order valence-electron chi connectivity index (χ1n) is 12.9. The predicted octanol–water partition coefficient (Wildman–Crippen LogP) is 6.37. The number of piperidine rings is 1. The van der Waals surface area contributed by atoms with Crippen molar-refractivity contribution in [2.24, 2.45) is 0 Å². The molecule has 1 aliphatic rings. The molecule has 0 aliphatic carbocycles. The highest BCUT2D eigenvalue weighted by molar-refractivity contribution is 5.82. The molecule has 0 radical (unpaired) electrons. The zero-order valence-corrected chi connectivity index (χ0v) is 20.9. The lowest BCUT2D eigenvalue weighted by atomic mass is 9.90. The topological polar surface area (TPSA) is 45.5 Å². The minimum atomic E-state index is -0.849. The largest absolute Gasteiger partial charge is 0.388 e. The van der Waals surface area contributed by atoms with Gasteiger partial charge < -0.3 is 14.6 Å². The number of amides is 1. The van der Waals surface area contributed by atoms with Crippen LogP contribution in [0.25, 0.3) is 22.4 Å². The van der Waals surface area contributed by atoms with Crippen LogP contribution in [0.4, 0.5) is 0 Å². The van der Waals surface area contributed by atoms with Crippen LogP contribution in [-0.4, -0.2) is 39.2 Å². The van der Waals surface area contributed by atoms with Gasteiger partial charge in [0.2, 0.25) is 5.91 Å². The molecule has 4 aromatic rings. The third kappa shape index (κ3) is 5.29. The van der Waals surface area contributed by atoms with Crippen LogP contribution in [-0.2, 0) is 11.3 Å². The second-order valence-corrected chi connectivity index (χ2v) is 10.1. The van der Waals surface area contributed by atoms with E-state index in [1.165, 1.54) is 5.56 Å². The molecule has 0 spiro atoms. The number of carbonyl (C=O) groups is 1. The van der Waals surface area contributed by atoms with E-state index in [1.54, 1.807) is 0 Å². The summed E-state index contributed by atoms with van der Waals surface area (Å²) in [7, 11) is 0. The van der Waals surface area contributed by atoms with Crippen LogP contribution in [0, 0.1) is 0 Å². The molecule has 3 aromatic carbocycles. The number of likely N-dealkylation sites (tertiary alicyclic amines) is 1. The molecule has 1 amide bonds. The number of hydrogen-bond donors (Lipinski definition) is 1. The summed E-state index contributed by atoms with van der Waals surface area (Å²) in [6.07, 6.45) is 3.73. The Morgan fingerprint density at radius 1 is 0.833 bits per heavy atom. The zero-order valence-electron chi connectivity index (χ0n) is 20.9. The SMILES string of the molecule is C[C@H](CC(=O)N1CCC(O)(Cn2ccc(-c3ccccc3)c2-c2ccccc2)CC1)c1ccccc1. The fourth-order valence-corrected chi connectivity index (χ4v) is 5.31. The lowest BCUT2D eigenvalue weighted by Crippen LogP contribution is -2.48. The maximum Gasteiger partial charge on any atom is 0.223 e. The van der Waals surface area contributed by atoms with Gasteiger partial charge >= 0.3 is 0 Å². The van der Waals surface area contributed by atoms with Crippen molar-refractivity contribution < 1.29 is 9.90 Å². The summed E-state index contributed by atoms with van der Waals surface area (Å²) < 4.78 is 2.19. The van der Waals surface area contributed by atoms with Crippen molar-refractivity contribution in [2.75, 3.05) is 13.1 Å².